The summed E-state index contributed by atoms with van der Waals surface area (Å²) in [5, 5.41) is 14.5. The van der Waals surface area contributed by atoms with Crippen molar-refractivity contribution in [3.8, 4) is 0 Å². The molecule has 162 valence electrons. The summed E-state index contributed by atoms with van der Waals surface area (Å²) in [6.45, 7) is 3.42. The highest BCUT2D eigenvalue weighted by Crippen LogP contribution is 2.31. The van der Waals surface area contributed by atoms with Gasteiger partial charge in [-0.15, -0.1) is 9.73 Å². The molecule has 0 saturated heterocycles. The van der Waals surface area contributed by atoms with Gasteiger partial charge in [0.1, 0.15) is 13.5 Å². The maximum Gasteiger partial charge on any atom is 0.416 e. The highest BCUT2D eigenvalue weighted by Gasteiger charge is 2.31. The van der Waals surface area contributed by atoms with Crippen LogP contribution in [0.25, 0.3) is 16.6 Å². The number of hydrogen-bond acceptors (Lipinski definition) is 6. The molecule has 1 aromatic carbocycles. The second kappa shape index (κ2) is 7.73. The van der Waals surface area contributed by atoms with E-state index in [0.29, 0.717) is 5.65 Å². The summed E-state index contributed by atoms with van der Waals surface area (Å²) in [6, 6.07) is 5.53. The number of amides is 1. The summed E-state index contributed by atoms with van der Waals surface area (Å²) in [6.07, 6.45) is -4.99. The summed E-state index contributed by atoms with van der Waals surface area (Å²) in [5.74, 6) is -0.673. The molecule has 0 unspecified atom stereocenters. The van der Waals surface area contributed by atoms with Crippen molar-refractivity contribution in [2.45, 2.75) is 32.5 Å². The quantitative estimate of drug-likeness (QED) is 0.480. The Hall–Kier alpha value is -3.77. The standard InChI is InChI=1S/C19H15BF3N7O2/c1-9(2)29-13-7-10(19(21,22)23)3-4-11(13)17(32)12(26-29)8-16(31)25-18-24-15-6-5-14(20)27-30(15)28-18/h3-7,9H,8H2,1-2H3,(H,25,28,31). The fraction of sp³-hybridized carbons (Fsp3) is 0.263. The number of halogens is 3. The van der Waals surface area contributed by atoms with Crippen LogP contribution in [0.4, 0.5) is 19.1 Å². The van der Waals surface area contributed by atoms with Gasteiger partial charge in [0.25, 0.3) is 5.95 Å². The van der Waals surface area contributed by atoms with Crippen molar-refractivity contribution < 1.29 is 18.0 Å². The average Bonchev–Trinajstić information content (AvgIpc) is 3.09. The lowest BCUT2D eigenvalue weighted by molar-refractivity contribution is -0.137. The Morgan fingerprint density at radius 2 is 1.91 bits per heavy atom. The Labute approximate surface area is 179 Å². The number of aromatic nitrogens is 6. The van der Waals surface area contributed by atoms with Gasteiger partial charge in [-0.2, -0.15) is 28.4 Å². The zero-order chi connectivity index (χ0) is 23.2. The molecule has 32 heavy (non-hydrogen) atoms. The summed E-state index contributed by atoms with van der Waals surface area (Å²) in [4.78, 5) is 29.4. The zero-order valence-corrected chi connectivity index (χ0v) is 16.9. The van der Waals surface area contributed by atoms with Crippen LogP contribution < -0.4 is 16.3 Å². The number of hydrogen-bond donors (Lipinski definition) is 1. The number of benzene rings is 1. The van der Waals surface area contributed by atoms with Crippen molar-refractivity contribution in [2.24, 2.45) is 0 Å². The Morgan fingerprint density at radius 1 is 1.16 bits per heavy atom. The Kier molecular flexibility index (Phi) is 5.19. The van der Waals surface area contributed by atoms with E-state index in [-0.39, 0.29) is 34.2 Å². The summed E-state index contributed by atoms with van der Waals surface area (Å²) in [7, 11) is 5.58. The first-order chi connectivity index (χ1) is 15.0. The van der Waals surface area contributed by atoms with Crippen molar-refractivity contribution in [3.63, 3.8) is 0 Å². The minimum absolute atomic E-state index is 0.0367. The molecule has 3 heterocycles. The molecule has 0 aliphatic heterocycles. The summed E-state index contributed by atoms with van der Waals surface area (Å²) < 4.78 is 41.8. The lowest BCUT2D eigenvalue weighted by Crippen LogP contribution is -2.26. The second-order valence-electron chi connectivity index (χ2n) is 7.31. The third-order valence-corrected chi connectivity index (χ3v) is 4.60. The number of anilines is 1. The van der Waals surface area contributed by atoms with Crippen molar-refractivity contribution in [1.82, 2.24) is 29.6 Å². The fourth-order valence-corrected chi connectivity index (χ4v) is 3.15. The smallest absolute Gasteiger partial charge is 0.293 e. The molecule has 0 fully saturated rings. The van der Waals surface area contributed by atoms with E-state index in [4.69, 9.17) is 7.85 Å². The lowest BCUT2D eigenvalue weighted by atomic mass is 10.1. The van der Waals surface area contributed by atoms with Crippen molar-refractivity contribution in [2.75, 3.05) is 5.32 Å². The number of rotatable bonds is 4. The van der Waals surface area contributed by atoms with Gasteiger partial charge in [-0.05, 0) is 44.2 Å². The first kappa shape index (κ1) is 21.5. The van der Waals surface area contributed by atoms with Crippen LogP contribution in [-0.4, -0.2) is 43.3 Å². The number of fused-ring (bicyclic) bond motifs is 2. The molecule has 13 heteroatoms. The largest absolute Gasteiger partial charge is 0.416 e. The molecule has 1 amide bonds. The minimum Gasteiger partial charge on any atom is -0.293 e. The van der Waals surface area contributed by atoms with Gasteiger partial charge < -0.3 is 0 Å². The van der Waals surface area contributed by atoms with E-state index in [1.165, 1.54) is 10.7 Å². The Bertz CT molecular complexity index is 1410. The van der Waals surface area contributed by atoms with Crippen LogP contribution in [0.15, 0.2) is 35.1 Å². The van der Waals surface area contributed by atoms with Crippen LogP contribution in [0, 0.1) is 0 Å². The molecular weight excluding hydrogens is 426 g/mol. The van der Waals surface area contributed by atoms with Crippen LogP contribution in [0.5, 0.6) is 0 Å². The summed E-state index contributed by atoms with van der Waals surface area (Å²) in [5.41, 5.74) is -1.04. The molecule has 0 aliphatic carbocycles. The average molecular weight is 441 g/mol. The molecule has 4 aromatic rings. The van der Waals surface area contributed by atoms with Crippen LogP contribution in [0.1, 0.15) is 31.1 Å². The molecule has 4 rings (SSSR count). The zero-order valence-electron chi connectivity index (χ0n) is 16.9. The number of nitrogens with one attached hydrogen (secondary N) is 1. The second-order valence-corrected chi connectivity index (χ2v) is 7.31. The first-order valence-corrected chi connectivity index (χ1v) is 9.45. The summed E-state index contributed by atoms with van der Waals surface area (Å²) >= 11 is 0. The molecule has 2 radical (unpaired) electrons. The maximum absolute atomic E-state index is 13.1. The molecule has 0 atom stereocenters. The maximum atomic E-state index is 13.1. The van der Waals surface area contributed by atoms with Crippen molar-refractivity contribution in [3.05, 3.63) is 51.8 Å². The van der Waals surface area contributed by atoms with E-state index < -0.39 is 29.5 Å². The molecule has 0 spiro atoms. The number of carbonyl (C=O) groups excluding carboxylic acids is 1. The lowest BCUT2D eigenvalue weighted by Gasteiger charge is -2.16. The van der Waals surface area contributed by atoms with Crippen LogP contribution in [-0.2, 0) is 17.4 Å². The Morgan fingerprint density at radius 3 is 2.59 bits per heavy atom. The van der Waals surface area contributed by atoms with Crippen molar-refractivity contribution in [1.29, 1.82) is 0 Å². The fourth-order valence-electron chi connectivity index (χ4n) is 3.15. The van der Waals surface area contributed by atoms with E-state index >= 15 is 0 Å². The van der Waals surface area contributed by atoms with Gasteiger partial charge in [0.2, 0.25) is 11.3 Å². The molecule has 0 bridgehead atoms. The Balaban J connectivity index is 1.68. The predicted octanol–water partition coefficient (Wildman–Crippen LogP) is 1.41. The normalized spacial score (nSPS) is 12.1. The highest BCUT2D eigenvalue weighted by atomic mass is 19.4. The van der Waals surface area contributed by atoms with E-state index in [2.05, 4.69) is 25.6 Å². The molecule has 9 nitrogen and oxygen atoms in total. The monoisotopic (exact) mass is 441 g/mol. The van der Waals surface area contributed by atoms with Crippen LogP contribution in [0.3, 0.4) is 0 Å². The molecule has 0 aliphatic rings. The molecule has 0 saturated carbocycles. The van der Waals surface area contributed by atoms with Gasteiger partial charge in [-0.25, -0.2) is 0 Å². The number of carbonyl (C=O) groups is 1. The molecular formula is C19H15BF3N7O2. The topological polar surface area (TPSA) is 107 Å². The van der Waals surface area contributed by atoms with E-state index in [1.807, 2.05) is 0 Å². The number of nitrogens with zero attached hydrogens (tertiary/aromatic N) is 6. The van der Waals surface area contributed by atoms with Gasteiger partial charge in [0.05, 0.1) is 17.5 Å². The first-order valence-electron chi connectivity index (χ1n) is 9.45. The van der Waals surface area contributed by atoms with E-state index in [9.17, 15) is 22.8 Å². The van der Waals surface area contributed by atoms with Gasteiger partial charge in [-0.3, -0.25) is 19.6 Å². The molecule has 3 aromatic heterocycles. The van der Waals surface area contributed by atoms with Gasteiger partial charge >= 0.3 is 6.18 Å². The third-order valence-electron chi connectivity index (χ3n) is 4.60. The van der Waals surface area contributed by atoms with Crippen LogP contribution in [0.2, 0.25) is 0 Å². The highest BCUT2D eigenvalue weighted by molar-refractivity contribution is 6.30. The van der Waals surface area contributed by atoms with Gasteiger partial charge in [0, 0.05) is 17.0 Å². The SMILES string of the molecule is [B]c1ccc2nc(NC(=O)Cc3nn(C(C)C)c4cc(C(F)(F)F)ccc4c3=O)nn2n1. The predicted molar refractivity (Wildman–Crippen MR) is 110 cm³/mol. The molecule has 1 N–H and O–H groups in total. The van der Waals surface area contributed by atoms with Crippen LogP contribution >= 0.6 is 0 Å². The van der Waals surface area contributed by atoms with Crippen molar-refractivity contribution >= 4 is 41.8 Å². The van der Waals surface area contributed by atoms with Gasteiger partial charge in [-0.1, -0.05) is 0 Å². The third kappa shape index (κ3) is 4.05. The van der Waals surface area contributed by atoms with E-state index in [1.54, 1.807) is 19.9 Å². The van der Waals surface area contributed by atoms with E-state index in [0.717, 1.165) is 22.8 Å². The van der Waals surface area contributed by atoms with Gasteiger partial charge in [0.15, 0.2) is 5.65 Å². The number of alkyl halides is 3. The minimum atomic E-state index is -4.56.